The maximum Gasteiger partial charge on any atom is 0.294 e. The molecule has 1 heterocycles. The molecule has 8 nitrogen and oxygen atoms in total. The van der Waals surface area contributed by atoms with E-state index >= 15 is 0 Å². The summed E-state index contributed by atoms with van der Waals surface area (Å²) in [6, 6.07) is -0.506. The first-order valence-electron chi connectivity index (χ1n) is 4.58. The summed E-state index contributed by atoms with van der Waals surface area (Å²) in [5.41, 5.74) is 0. The quantitative estimate of drug-likeness (QED) is 0.374. The Morgan fingerprint density at radius 3 is 3.06 bits per heavy atom. The van der Waals surface area contributed by atoms with Crippen LogP contribution in [0.2, 0.25) is 0 Å². The van der Waals surface area contributed by atoms with Gasteiger partial charge in [-0.25, -0.2) is 0 Å². The molecule has 0 aromatic heterocycles. The molecule has 0 radical (unpaired) electrons. The van der Waals surface area contributed by atoms with Gasteiger partial charge in [0.05, 0.1) is 6.61 Å². The number of hydrogen-bond donors (Lipinski definition) is 2. The van der Waals surface area contributed by atoms with Crippen molar-refractivity contribution in [2.45, 2.75) is 12.5 Å². The maximum atomic E-state index is 11.4. The number of nitrogens with zero attached hydrogens (tertiary/aromatic N) is 1. The van der Waals surface area contributed by atoms with Crippen molar-refractivity contribution in [2.75, 3.05) is 18.9 Å². The Balaban J connectivity index is 2.06. The molecule has 0 saturated carbocycles. The van der Waals surface area contributed by atoms with E-state index in [1.807, 2.05) is 0 Å². The average molecular weight is 249 g/mol. The minimum absolute atomic E-state index is 0.0565. The number of thioether (sulfide) groups is 1. The highest BCUT2D eigenvalue weighted by Crippen LogP contribution is 2.12. The summed E-state index contributed by atoms with van der Waals surface area (Å²) in [5.74, 6) is 0.134. The molecule has 1 aliphatic rings. The van der Waals surface area contributed by atoms with E-state index in [0.29, 0.717) is 12.2 Å². The standard InChI is InChI=1S/C7H11N3O5S/c11-6(5-4-16-7(12)9-5)8-2-1-3-15-10(13)14/h5H,1-4H2,(H,8,11)(H,9,12). The summed E-state index contributed by atoms with van der Waals surface area (Å²) < 4.78 is 0. The van der Waals surface area contributed by atoms with Crippen molar-refractivity contribution < 1.29 is 19.5 Å². The first-order valence-corrected chi connectivity index (χ1v) is 5.56. The minimum atomic E-state index is -0.879. The van der Waals surface area contributed by atoms with Crippen molar-refractivity contribution in [2.24, 2.45) is 0 Å². The van der Waals surface area contributed by atoms with Gasteiger partial charge in [-0.05, 0) is 6.42 Å². The van der Waals surface area contributed by atoms with Gasteiger partial charge in [0.15, 0.2) is 0 Å². The Hall–Kier alpha value is -1.51. The van der Waals surface area contributed by atoms with Crippen LogP contribution in [0.4, 0.5) is 4.79 Å². The lowest BCUT2D eigenvalue weighted by atomic mass is 10.3. The van der Waals surface area contributed by atoms with Crippen molar-refractivity contribution in [3.05, 3.63) is 10.1 Å². The maximum absolute atomic E-state index is 11.4. The molecule has 2 N–H and O–H groups in total. The van der Waals surface area contributed by atoms with Gasteiger partial charge in [-0.15, -0.1) is 10.1 Å². The molecule has 2 amide bonds. The van der Waals surface area contributed by atoms with Crippen LogP contribution in [-0.4, -0.2) is 41.2 Å². The molecule has 0 aromatic carbocycles. The smallest absolute Gasteiger partial charge is 0.294 e. The van der Waals surface area contributed by atoms with Crippen molar-refractivity contribution in [3.8, 4) is 0 Å². The third kappa shape index (κ3) is 4.34. The van der Waals surface area contributed by atoms with Gasteiger partial charge in [0.25, 0.3) is 10.3 Å². The zero-order chi connectivity index (χ0) is 12.0. The number of amides is 2. The molecule has 9 heteroatoms. The molecule has 0 aromatic rings. The fraction of sp³-hybridized carbons (Fsp3) is 0.714. The predicted octanol–water partition coefficient (Wildman–Crippen LogP) is -0.474. The zero-order valence-electron chi connectivity index (χ0n) is 8.30. The monoisotopic (exact) mass is 249 g/mol. The van der Waals surface area contributed by atoms with Crippen LogP contribution in [-0.2, 0) is 9.63 Å². The number of rotatable bonds is 6. The Bertz CT molecular complexity index is 298. The normalized spacial score (nSPS) is 19.0. The summed E-state index contributed by atoms with van der Waals surface area (Å²) in [4.78, 5) is 36.0. The second-order valence-corrected chi connectivity index (χ2v) is 3.99. The second-order valence-electron chi connectivity index (χ2n) is 3.00. The molecule has 0 spiro atoms. The topological polar surface area (TPSA) is 111 Å². The van der Waals surface area contributed by atoms with Gasteiger partial charge in [-0.3, -0.25) is 9.59 Å². The molecule has 1 saturated heterocycles. The molecule has 0 bridgehead atoms. The van der Waals surface area contributed by atoms with Crippen molar-refractivity contribution in [1.29, 1.82) is 0 Å². The van der Waals surface area contributed by atoms with Gasteiger partial charge in [-0.1, -0.05) is 11.8 Å². The van der Waals surface area contributed by atoms with E-state index < -0.39 is 11.1 Å². The van der Waals surface area contributed by atoms with E-state index in [-0.39, 0.29) is 24.3 Å². The third-order valence-corrected chi connectivity index (χ3v) is 2.69. The molecule has 90 valence electrons. The lowest BCUT2D eigenvalue weighted by molar-refractivity contribution is -0.757. The van der Waals surface area contributed by atoms with Crippen molar-refractivity contribution >= 4 is 22.9 Å². The molecule has 1 atom stereocenters. The third-order valence-electron chi connectivity index (χ3n) is 1.81. The van der Waals surface area contributed by atoms with Gasteiger partial charge < -0.3 is 15.5 Å². The minimum Gasteiger partial charge on any atom is -0.354 e. The Morgan fingerprint density at radius 1 is 1.75 bits per heavy atom. The van der Waals surface area contributed by atoms with Crippen LogP contribution in [0.5, 0.6) is 0 Å². The van der Waals surface area contributed by atoms with E-state index in [9.17, 15) is 19.7 Å². The van der Waals surface area contributed by atoms with Gasteiger partial charge in [0.2, 0.25) is 5.91 Å². The molecular weight excluding hydrogens is 238 g/mol. The SMILES string of the molecule is O=C1NC(C(=O)NCCCO[N+](=O)[O-])CS1. The highest BCUT2D eigenvalue weighted by molar-refractivity contribution is 8.14. The van der Waals surface area contributed by atoms with Crippen LogP contribution in [0.1, 0.15) is 6.42 Å². The molecule has 1 fully saturated rings. The summed E-state index contributed by atoms with van der Waals surface area (Å²) >= 11 is 1.06. The summed E-state index contributed by atoms with van der Waals surface area (Å²) in [6.45, 7) is 0.225. The van der Waals surface area contributed by atoms with Crippen LogP contribution >= 0.6 is 11.8 Å². The predicted molar refractivity (Wildman–Crippen MR) is 55.4 cm³/mol. The molecule has 16 heavy (non-hydrogen) atoms. The lowest BCUT2D eigenvalue weighted by Crippen LogP contribution is -2.43. The van der Waals surface area contributed by atoms with E-state index in [0.717, 1.165) is 11.8 Å². The Kier molecular flexibility index (Phi) is 4.83. The van der Waals surface area contributed by atoms with Crippen LogP contribution in [0.15, 0.2) is 0 Å². The van der Waals surface area contributed by atoms with Gasteiger partial charge in [0.1, 0.15) is 6.04 Å². The number of carbonyl (C=O) groups is 2. The fourth-order valence-electron chi connectivity index (χ4n) is 1.07. The number of nitrogens with one attached hydrogen (secondary N) is 2. The largest absolute Gasteiger partial charge is 0.354 e. The summed E-state index contributed by atoms with van der Waals surface area (Å²) in [6.07, 6.45) is 0.348. The molecule has 1 rings (SSSR count). The average Bonchev–Trinajstić information content (AvgIpc) is 2.63. The van der Waals surface area contributed by atoms with Gasteiger partial charge >= 0.3 is 0 Å². The Morgan fingerprint density at radius 2 is 2.50 bits per heavy atom. The molecule has 1 aliphatic heterocycles. The summed E-state index contributed by atoms with van der Waals surface area (Å²) in [5, 5.41) is 13.7. The van der Waals surface area contributed by atoms with Gasteiger partial charge in [-0.2, -0.15) is 0 Å². The first kappa shape index (κ1) is 12.6. The van der Waals surface area contributed by atoms with E-state index in [2.05, 4.69) is 15.5 Å². The second kappa shape index (κ2) is 6.16. The van der Waals surface area contributed by atoms with E-state index in [1.165, 1.54) is 0 Å². The number of hydrogen-bond acceptors (Lipinski definition) is 6. The molecule has 0 aliphatic carbocycles. The van der Waals surface area contributed by atoms with Crippen LogP contribution in [0.3, 0.4) is 0 Å². The van der Waals surface area contributed by atoms with E-state index in [4.69, 9.17) is 0 Å². The lowest BCUT2D eigenvalue weighted by Gasteiger charge is -2.09. The van der Waals surface area contributed by atoms with E-state index in [1.54, 1.807) is 0 Å². The van der Waals surface area contributed by atoms with Crippen LogP contribution in [0.25, 0.3) is 0 Å². The number of carbonyl (C=O) groups excluding carboxylic acids is 2. The van der Waals surface area contributed by atoms with Crippen LogP contribution in [0, 0.1) is 10.1 Å². The summed E-state index contributed by atoms with van der Waals surface area (Å²) in [7, 11) is 0. The highest BCUT2D eigenvalue weighted by atomic mass is 32.2. The van der Waals surface area contributed by atoms with Crippen molar-refractivity contribution in [3.63, 3.8) is 0 Å². The molecular formula is C7H11N3O5S. The highest BCUT2D eigenvalue weighted by Gasteiger charge is 2.27. The van der Waals surface area contributed by atoms with Crippen molar-refractivity contribution in [1.82, 2.24) is 10.6 Å². The molecule has 1 unspecified atom stereocenters. The fourth-order valence-corrected chi connectivity index (χ4v) is 1.85. The van der Waals surface area contributed by atoms with Gasteiger partial charge in [0, 0.05) is 12.3 Å². The first-order chi connectivity index (χ1) is 7.59. The Labute approximate surface area is 95.2 Å². The van der Waals surface area contributed by atoms with Crippen LogP contribution < -0.4 is 10.6 Å². The zero-order valence-corrected chi connectivity index (χ0v) is 9.12.